The highest BCUT2D eigenvalue weighted by Gasteiger charge is 2.48. The van der Waals surface area contributed by atoms with Gasteiger partial charge in [-0.05, 0) is 30.3 Å². The van der Waals surface area contributed by atoms with E-state index in [-0.39, 0.29) is 10.0 Å². The van der Waals surface area contributed by atoms with Crippen molar-refractivity contribution in [3.8, 4) is 0 Å². The Morgan fingerprint density at radius 1 is 1.00 bits per heavy atom. The molecule has 2 aromatic carbocycles. The third-order valence-corrected chi connectivity index (χ3v) is 5.61. The van der Waals surface area contributed by atoms with Crippen LogP contribution in [0.15, 0.2) is 47.4 Å². The van der Waals surface area contributed by atoms with Crippen molar-refractivity contribution in [2.24, 2.45) is 0 Å². The topological polar surface area (TPSA) is 63.2 Å². The maximum Gasteiger partial charge on any atom is 0.501 e. The molecule has 0 unspecified atom stereocenters. The SMILES string of the molecule is O=C(NCC(F)(F)c1ccc(Cl)cc1Cl)c1ccccc1S(=O)(=O)C(F)(F)F. The van der Waals surface area contributed by atoms with Gasteiger partial charge in [-0.25, -0.2) is 8.42 Å². The lowest BCUT2D eigenvalue weighted by Crippen LogP contribution is -2.36. The molecule has 28 heavy (non-hydrogen) atoms. The van der Waals surface area contributed by atoms with Gasteiger partial charge >= 0.3 is 5.51 Å². The van der Waals surface area contributed by atoms with Gasteiger partial charge in [-0.1, -0.05) is 35.3 Å². The molecule has 4 nitrogen and oxygen atoms in total. The fourth-order valence-electron chi connectivity index (χ4n) is 2.18. The summed E-state index contributed by atoms with van der Waals surface area (Å²) in [5, 5.41) is 1.45. The van der Waals surface area contributed by atoms with Gasteiger partial charge in [-0.2, -0.15) is 22.0 Å². The average Bonchev–Trinajstić information content (AvgIpc) is 2.58. The largest absolute Gasteiger partial charge is 0.501 e. The van der Waals surface area contributed by atoms with Crippen molar-refractivity contribution in [2.75, 3.05) is 6.54 Å². The predicted molar refractivity (Wildman–Crippen MR) is 92.4 cm³/mol. The van der Waals surface area contributed by atoms with E-state index in [1.54, 1.807) is 5.32 Å². The van der Waals surface area contributed by atoms with E-state index in [0.29, 0.717) is 6.07 Å². The lowest BCUT2D eigenvalue weighted by molar-refractivity contribution is -0.0436. The predicted octanol–water partition coefficient (Wildman–Crippen LogP) is 4.81. The van der Waals surface area contributed by atoms with Gasteiger partial charge in [-0.15, -0.1) is 0 Å². The second kappa shape index (κ2) is 7.84. The van der Waals surface area contributed by atoms with E-state index in [1.165, 1.54) is 0 Å². The highest BCUT2D eigenvalue weighted by molar-refractivity contribution is 7.92. The summed E-state index contributed by atoms with van der Waals surface area (Å²) in [4.78, 5) is 10.8. The molecule has 0 atom stereocenters. The Morgan fingerprint density at radius 2 is 1.61 bits per heavy atom. The van der Waals surface area contributed by atoms with Crippen LogP contribution in [0.4, 0.5) is 22.0 Å². The van der Waals surface area contributed by atoms with Gasteiger partial charge in [0, 0.05) is 10.6 Å². The van der Waals surface area contributed by atoms with Crippen LogP contribution in [-0.2, 0) is 15.8 Å². The number of nitrogens with one attached hydrogen (secondary N) is 1. The third-order valence-electron chi connectivity index (χ3n) is 3.52. The summed E-state index contributed by atoms with van der Waals surface area (Å²) in [7, 11) is -5.85. The van der Waals surface area contributed by atoms with Crippen LogP contribution in [0, 0.1) is 0 Å². The first-order chi connectivity index (χ1) is 12.8. The molecule has 2 aromatic rings. The second-order valence-corrected chi connectivity index (χ2v) is 8.21. The normalized spacial score (nSPS) is 12.7. The Labute approximate surface area is 166 Å². The van der Waals surface area contributed by atoms with E-state index in [9.17, 15) is 35.2 Å². The maximum absolute atomic E-state index is 14.3. The lowest BCUT2D eigenvalue weighted by atomic mass is 10.1. The molecule has 1 amide bonds. The van der Waals surface area contributed by atoms with Crippen LogP contribution in [0.25, 0.3) is 0 Å². The summed E-state index contributed by atoms with van der Waals surface area (Å²) >= 11 is 11.3. The first-order valence-electron chi connectivity index (χ1n) is 7.29. The van der Waals surface area contributed by atoms with Gasteiger partial charge in [0.1, 0.15) is 0 Å². The zero-order chi connectivity index (χ0) is 21.3. The molecule has 2 rings (SSSR count). The number of hydrogen-bond donors (Lipinski definition) is 1. The van der Waals surface area contributed by atoms with Gasteiger partial charge in [0.05, 0.1) is 22.0 Å². The summed E-state index contributed by atoms with van der Waals surface area (Å²) in [6.45, 7) is -1.34. The van der Waals surface area contributed by atoms with Crippen LogP contribution < -0.4 is 5.32 Å². The molecule has 0 fully saturated rings. The Balaban J connectivity index is 2.30. The van der Waals surface area contributed by atoms with Crippen molar-refractivity contribution in [1.82, 2.24) is 5.32 Å². The van der Waals surface area contributed by atoms with Crippen molar-refractivity contribution in [3.05, 3.63) is 63.6 Å². The monoisotopic (exact) mass is 461 g/mol. The number of carbonyl (C=O) groups is 1. The fraction of sp³-hybridized carbons (Fsp3) is 0.188. The molecule has 152 valence electrons. The van der Waals surface area contributed by atoms with E-state index in [4.69, 9.17) is 23.2 Å². The van der Waals surface area contributed by atoms with E-state index >= 15 is 0 Å². The van der Waals surface area contributed by atoms with Gasteiger partial charge in [-0.3, -0.25) is 4.79 Å². The number of carbonyl (C=O) groups excluding carboxylic acids is 1. The molecule has 0 aromatic heterocycles. The van der Waals surface area contributed by atoms with E-state index in [0.717, 1.165) is 36.4 Å². The average molecular weight is 462 g/mol. The van der Waals surface area contributed by atoms with Gasteiger partial charge in [0.15, 0.2) is 0 Å². The number of alkyl halides is 5. The number of rotatable bonds is 5. The summed E-state index contributed by atoms with van der Waals surface area (Å²) in [5.41, 5.74) is -7.25. The standard InChI is InChI=1S/C16H10Cl2F5NO3S/c17-9-5-6-11(12(18)7-9)15(19,20)8-24-14(25)10-3-1-2-4-13(10)28(26,27)16(21,22)23/h1-7H,8H2,(H,24,25). The Kier molecular flexibility index (Phi) is 6.27. The minimum Gasteiger partial charge on any atom is -0.346 e. The van der Waals surface area contributed by atoms with Crippen LogP contribution in [0.3, 0.4) is 0 Å². The van der Waals surface area contributed by atoms with Gasteiger partial charge < -0.3 is 5.32 Å². The minimum atomic E-state index is -5.85. The molecule has 0 heterocycles. The molecular weight excluding hydrogens is 452 g/mol. The van der Waals surface area contributed by atoms with E-state index < -0.39 is 49.7 Å². The van der Waals surface area contributed by atoms with Crippen molar-refractivity contribution >= 4 is 38.9 Å². The molecule has 0 radical (unpaired) electrons. The van der Waals surface area contributed by atoms with Crippen LogP contribution in [0.5, 0.6) is 0 Å². The van der Waals surface area contributed by atoms with Crippen molar-refractivity contribution in [3.63, 3.8) is 0 Å². The van der Waals surface area contributed by atoms with Crippen molar-refractivity contribution in [1.29, 1.82) is 0 Å². The maximum atomic E-state index is 14.3. The molecule has 0 spiro atoms. The van der Waals surface area contributed by atoms with E-state index in [2.05, 4.69) is 0 Å². The van der Waals surface area contributed by atoms with Crippen LogP contribution in [0.1, 0.15) is 15.9 Å². The summed E-state index contributed by atoms with van der Waals surface area (Å²) in [5.74, 6) is -5.12. The first kappa shape index (κ1) is 22.4. The zero-order valence-electron chi connectivity index (χ0n) is 13.5. The van der Waals surface area contributed by atoms with Crippen LogP contribution in [0.2, 0.25) is 10.0 Å². The van der Waals surface area contributed by atoms with Gasteiger partial charge in [0.2, 0.25) is 0 Å². The molecule has 0 aliphatic carbocycles. The van der Waals surface area contributed by atoms with Crippen LogP contribution in [-0.4, -0.2) is 26.4 Å². The molecule has 12 heteroatoms. The Morgan fingerprint density at radius 3 is 2.18 bits per heavy atom. The third kappa shape index (κ3) is 4.56. The number of benzene rings is 2. The first-order valence-corrected chi connectivity index (χ1v) is 9.53. The lowest BCUT2D eigenvalue weighted by Gasteiger charge is -2.19. The molecule has 0 bridgehead atoms. The molecular formula is C16H10Cl2F5NO3S. The number of sulfone groups is 1. The van der Waals surface area contributed by atoms with Crippen molar-refractivity contribution < 1.29 is 35.2 Å². The Bertz CT molecular complexity index is 1010. The number of hydrogen-bond acceptors (Lipinski definition) is 3. The minimum absolute atomic E-state index is 0.0971. The quantitative estimate of drug-likeness (QED) is 0.649. The summed E-state index contributed by atoms with van der Waals surface area (Å²) in [6.07, 6.45) is 0. The highest BCUT2D eigenvalue weighted by atomic mass is 35.5. The molecule has 1 N–H and O–H groups in total. The van der Waals surface area contributed by atoms with Crippen LogP contribution >= 0.6 is 23.2 Å². The number of amides is 1. The van der Waals surface area contributed by atoms with E-state index in [1.807, 2.05) is 0 Å². The molecule has 0 aliphatic heterocycles. The highest BCUT2D eigenvalue weighted by Crippen LogP contribution is 2.35. The fourth-order valence-corrected chi connectivity index (χ4v) is 3.69. The second-order valence-electron chi connectivity index (χ2n) is 5.46. The summed E-state index contributed by atoms with van der Waals surface area (Å²) < 4.78 is 90.1. The van der Waals surface area contributed by atoms with Crippen molar-refractivity contribution in [2.45, 2.75) is 16.3 Å². The zero-order valence-corrected chi connectivity index (χ0v) is 15.9. The van der Waals surface area contributed by atoms with Gasteiger partial charge in [0.25, 0.3) is 21.7 Å². The number of halogens is 7. The molecule has 0 aliphatic rings. The molecule has 0 saturated carbocycles. The summed E-state index contributed by atoms with van der Waals surface area (Å²) in [6, 6.07) is 6.53. The molecule has 0 saturated heterocycles. The smallest absolute Gasteiger partial charge is 0.346 e. The Hall–Kier alpha value is -1.91.